The number of rotatable bonds is 8. The molecule has 88 valence electrons. The molecule has 0 bridgehead atoms. The number of nitrogens with one attached hydrogen (secondary N) is 3. The smallest absolute Gasteiger partial charge is 0.131 e. The van der Waals surface area contributed by atoms with Crippen LogP contribution in [0.1, 0.15) is 6.42 Å². The predicted octanol–water partition coefficient (Wildman–Crippen LogP) is 1.10. The van der Waals surface area contributed by atoms with E-state index in [1.54, 1.807) is 12.4 Å². The molecule has 0 unspecified atom stereocenters. The summed E-state index contributed by atoms with van der Waals surface area (Å²) in [7, 11) is 1.95. The van der Waals surface area contributed by atoms with Crippen molar-refractivity contribution in [1.82, 2.24) is 15.3 Å². The molecule has 0 amide bonds. The maximum atomic E-state index is 4.14. The quantitative estimate of drug-likeness (QED) is 0.453. The summed E-state index contributed by atoms with van der Waals surface area (Å²) in [6, 6.07) is 1.89. The van der Waals surface area contributed by atoms with Crippen LogP contribution in [0.5, 0.6) is 0 Å². The highest BCUT2D eigenvalue weighted by Crippen LogP contribution is 2.07. The van der Waals surface area contributed by atoms with Crippen molar-refractivity contribution in [3.63, 3.8) is 0 Å². The van der Waals surface area contributed by atoms with E-state index in [0.29, 0.717) is 6.54 Å². The van der Waals surface area contributed by atoms with E-state index in [1.807, 2.05) is 13.1 Å². The molecule has 1 aromatic heterocycles. The van der Waals surface area contributed by atoms with Crippen LogP contribution in [-0.2, 0) is 0 Å². The first-order valence-corrected chi connectivity index (χ1v) is 5.42. The van der Waals surface area contributed by atoms with Crippen molar-refractivity contribution in [2.75, 3.05) is 37.3 Å². The molecule has 0 aromatic carbocycles. The van der Waals surface area contributed by atoms with Crippen molar-refractivity contribution in [3.05, 3.63) is 25.0 Å². The standard InChI is InChI=1S/C11H19N5/c1-3-5-13-10-8-11(16-9-15-10)14-7-4-6-12-2/h3,8-9,12H,1,4-7H2,2H3,(H2,13,14,15,16). The van der Waals surface area contributed by atoms with Gasteiger partial charge in [-0.05, 0) is 20.0 Å². The third-order valence-corrected chi connectivity index (χ3v) is 2.00. The topological polar surface area (TPSA) is 61.9 Å². The molecule has 16 heavy (non-hydrogen) atoms. The first-order chi connectivity index (χ1) is 7.86. The SMILES string of the molecule is C=CCNc1cc(NCCCNC)ncn1. The molecular weight excluding hydrogens is 202 g/mol. The van der Waals surface area contributed by atoms with Gasteiger partial charge in [-0.3, -0.25) is 0 Å². The van der Waals surface area contributed by atoms with Crippen LogP contribution in [0.15, 0.2) is 25.0 Å². The lowest BCUT2D eigenvalue weighted by atomic mass is 10.4. The summed E-state index contributed by atoms with van der Waals surface area (Å²) in [6.45, 7) is 6.25. The van der Waals surface area contributed by atoms with Gasteiger partial charge in [-0.2, -0.15) is 0 Å². The van der Waals surface area contributed by atoms with Crippen LogP contribution in [0.4, 0.5) is 11.6 Å². The molecule has 0 fully saturated rings. The number of hydrogen-bond donors (Lipinski definition) is 3. The van der Waals surface area contributed by atoms with Crippen LogP contribution < -0.4 is 16.0 Å². The third-order valence-electron chi connectivity index (χ3n) is 2.00. The van der Waals surface area contributed by atoms with Crippen LogP contribution in [0.3, 0.4) is 0 Å². The van der Waals surface area contributed by atoms with Crippen LogP contribution >= 0.6 is 0 Å². The Labute approximate surface area is 96.4 Å². The first kappa shape index (κ1) is 12.4. The van der Waals surface area contributed by atoms with E-state index >= 15 is 0 Å². The van der Waals surface area contributed by atoms with Crippen LogP contribution in [0.25, 0.3) is 0 Å². The zero-order valence-electron chi connectivity index (χ0n) is 9.66. The van der Waals surface area contributed by atoms with Gasteiger partial charge in [0.1, 0.15) is 18.0 Å². The van der Waals surface area contributed by atoms with Crippen molar-refractivity contribution in [3.8, 4) is 0 Å². The van der Waals surface area contributed by atoms with E-state index in [0.717, 1.165) is 31.1 Å². The van der Waals surface area contributed by atoms with Crippen LogP contribution in [0, 0.1) is 0 Å². The monoisotopic (exact) mass is 221 g/mol. The molecule has 5 heteroatoms. The van der Waals surface area contributed by atoms with E-state index in [4.69, 9.17) is 0 Å². The summed E-state index contributed by atoms with van der Waals surface area (Å²) in [6.07, 6.45) is 4.41. The largest absolute Gasteiger partial charge is 0.370 e. The predicted molar refractivity (Wildman–Crippen MR) is 67.8 cm³/mol. The average Bonchev–Trinajstić information content (AvgIpc) is 2.33. The summed E-state index contributed by atoms with van der Waals surface area (Å²) >= 11 is 0. The number of hydrogen-bond acceptors (Lipinski definition) is 5. The highest BCUT2D eigenvalue weighted by Gasteiger charge is 1.96. The fourth-order valence-corrected chi connectivity index (χ4v) is 1.21. The van der Waals surface area contributed by atoms with Gasteiger partial charge in [0, 0.05) is 19.2 Å². The van der Waals surface area contributed by atoms with Gasteiger partial charge in [0.25, 0.3) is 0 Å². The Hall–Kier alpha value is -1.62. The Morgan fingerprint density at radius 2 is 2.00 bits per heavy atom. The third kappa shape index (κ3) is 4.75. The van der Waals surface area contributed by atoms with Crippen LogP contribution in [-0.4, -0.2) is 36.6 Å². The number of aromatic nitrogens is 2. The molecule has 5 nitrogen and oxygen atoms in total. The molecule has 0 aliphatic heterocycles. The second-order valence-electron chi connectivity index (χ2n) is 3.34. The fourth-order valence-electron chi connectivity index (χ4n) is 1.21. The summed E-state index contributed by atoms with van der Waals surface area (Å²) in [5, 5.41) is 9.45. The van der Waals surface area contributed by atoms with Crippen molar-refractivity contribution < 1.29 is 0 Å². The average molecular weight is 221 g/mol. The maximum Gasteiger partial charge on any atom is 0.131 e. The molecule has 3 N–H and O–H groups in total. The second-order valence-corrected chi connectivity index (χ2v) is 3.34. The van der Waals surface area contributed by atoms with Gasteiger partial charge in [-0.1, -0.05) is 6.08 Å². The zero-order valence-corrected chi connectivity index (χ0v) is 9.66. The maximum absolute atomic E-state index is 4.14. The number of anilines is 2. The van der Waals surface area contributed by atoms with Gasteiger partial charge in [-0.15, -0.1) is 6.58 Å². The molecule has 0 aliphatic carbocycles. The molecule has 0 aliphatic rings. The zero-order chi connectivity index (χ0) is 11.6. The second kappa shape index (κ2) is 7.64. The van der Waals surface area contributed by atoms with Crippen molar-refractivity contribution in [2.45, 2.75) is 6.42 Å². The van der Waals surface area contributed by atoms with E-state index < -0.39 is 0 Å². The molecule has 0 saturated heterocycles. The minimum Gasteiger partial charge on any atom is -0.370 e. The van der Waals surface area contributed by atoms with E-state index in [2.05, 4.69) is 32.5 Å². The van der Waals surface area contributed by atoms with Gasteiger partial charge in [0.05, 0.1) is 0 Å². The highest BCUT2D eigenvalue weighted by molar-refractivity contribution is 5.46. The minimum atomic E-state index is 0.705. The Bertz CT molecular complexity index is 313. The minimum absolute atomic E-state index is 0.705. The number of nitrogens with zero attached hydrogens (tertiary/aromatic N) is 2. The molecule has 0 spiro atoms. The van der Waals surface area contributed by atoms with Crippen molar-refractivity contribution >= 4 is 11.6 Å². The first-order valence-electron chi connectivity index (χ1n) is 5.42. The Balaban J connectivity index is 2.37. The summed E-state index contributed by atoms with van der Waals surface area (Å²) in [4.78, 5) is 8.24. The summed E-state index contributed by atoms with van der Waals surface area (Å²) < 4.78 is 0. The lowest BCUT2D eigenvalue weighted by Crippen LogP contribution is -2.13. The van der Waals surface area contributed by atoms with Crippen molar-refractivity contribution in [2.24, 2.45) is 0 Å². The van der Waals surface area contributed by atoms with Gasteiger partial charge >= 0.3 is 0 Å². The normalized spacial score (nSPS) is 9.81. The summed E-state index contributed by atoms with van der Waals surface area (Å²) in [5.74, 6) is 1.66. The Morgan fingerprint density at radius 3 is 2.69 bits per heavy atom. The van der Waals surface area contributed by atoms with Crippen molar-refractivity contribution in [1.29, 1.82) is 0 Å². The molecular formula is C11H19N5. The highest BCUT2D eigenvalue weighted by atomic mass is 15.1. The molecule has 0 radical (unpaired) electrons. The molecule has 0 saturated carbocycles. The van der Waals surface area contributed by atoms with Gasteiger partial charge in [0.15, 0.2) is 0 Å². The lowest BCUT2D eigenvalue weighted by Gasteiger charge is -2.07. The van der Waals surface area contributed by atoms with E-state index in [1.165, 1.54) is 0 Å². The summed E-state index contributed by atoms with van der Waals surface area (Å²) in [5.41, 5.74) is 0. The van der Waals surface area contributed by atoms with E-state index in [-0.39, 0.29) is 0 Å². The molecule has 1 aromatic rings. The van der Waals surface area contributed by atoms with Crippen LogP contribution in [0.2, 0.25) is 0 Å². The molecule has 1 heterocycles. The van der Waals surface area contributed by atoms with Gasteiger partial charge in [0.2, 0.25) is 0 Å². The Kier molecular flexibility index (Phi) is 5.95. The van der Waals surface area contributed by atoms with Gasteiger partial charge < -0.3 is 16.0 Å². The Morgan fingerprint density at radius 1 is 1.25 bits per heavy atom. The lowest BCUT2D eigenvalue weighted by molar-refractivity contribution is 0.746. The fraction of sp³-hybridized carbons (Fsp3) is 0.455. The molecule has 0 atom stereocenters. The van der Waals surface area contributed by atoms with Gasteiger partial charge in [-0.25, -0.2) is 9.97 Å². The molecule has 1 rings (SSSR count). The van der Waals surface area contributed by atoms with E-state index in [9.17, 15) is 0 Å².